The van der Waals surface area contributed by atoms with Crippen LogP contribution in [0.2, 0.25) is 0 Å². The normalized spacial score (nSPS) is 11.5. The first-order valence-corrected chi connectivity index (χ1v) is 6.99. The van der Waals surface area contributed by atoms with Crippen molar-refractivity contribution in [3.63, 3.8) is 0 Å². The molecule has 2 rings (SSSR count). The number of nitrogens with one attached hydrogen (secondary N) is 2. The van der Waals surface area contributed by atoms with Gasteiger partial charge in [-0.3, -0.25) is 10.1 Å². The molecular formula is C15H15N3O3S. The van der Waals surface area contributed by atoms with Crippen LogP contribution >= 0.6 is 12.2 Å². The minimum atomic E-state index is -0.466. The van der Waals surface area contributed by atoms with E-state index in [0.29, 0.717) is 10.7 Å². The van der Waals surface area contributed by atoms with E-state index in [0.717, 1.165) is 5.69 Å². The Kier molecular flexibility index (Phi) is 5.40. The van der Waals surface area contributed by atoms with Gasteiger partial charge in [0.05, 0.1) is 17.6 Å². The summed E-state index contributed by atoms with van der Waals surface area (Å²) in [5.74, 6) is 0. The van der Waals surface area contributed by atoms with Gasteiger partial charge in [-0.25, -0.2) is 0 Å². The summed E-state index contributed by atoms with van der Waals surface area (Å²) in [6, 6.07) is 14.9. The third-order valence-electron chi connectivity index (χ3n) is 3.03. The van der Waals surface area contributed by atoms with Crippen molar-refractivity contribution >= 4 is 28.7 Å². The maximum atomic E-state index is 10.6. The fourth-order valence-electron chi connectivity index (χ4n) is 1.91. The number of rotatable bonds is 5. The number of hydrogen-bond acceptors (Lipinski definition) is 4. The van der Waals surface area contributed by atoms with Crippen molar-refractivity contribution in [1.82, 2.24) is 5.32 Å². The number of aliphatic hydroxyl groups excluding tert-OH is 1. The minimum Gasteiger partial charge on any atom is -0.394 e. The molecule has 1 unspecified atom stereocenters. The first-order chi connectivity index (χ1) is 10.6. The van der Waals surface area contributed by atoms with E-state index in [9.17, 15) is 15.2 Å². The summed E-state index contributed by atoms with van der Waals surface area (Å²) in [5, 5.41) is 26.5. The number of hydrogen-bond donors (Lipinski definition) is 3. The van der Waals surface area contributed by atoms with Crippen LogP contribution in [-0.2, 0) is 0 Å². The molecule has 0 saturated heterocycles. The molecule has 0 aromatic heterocycles. The quantitative estimate of drug-likeness (QED) is 0.446. The third kappa shape index (κ3) is 4.24. The average molecular weight is 317 g/mol. The van der Waals surface area contributed by atoms with E-state index in [1.54, 1.807) is 12.1 Å². The van der Waals surface area contributed by atoms with Crippen LogP contribution < -0.4 is 10.6 Å². The Morgan fingerprint density at radius 1 is 1.18 bits per heavy atom. The molecule has 0 amide bonds. The zero-order valence-corrected chi connectivity index (χ0v) is 12.4. The van der Waals surface area contributed by atoms with E-state index in [4.69, 9.17) is 12.2 Å². The van der Waals surface area contributed by atoms with E-state index in [2.05, 4.69) is 10.6 Å². The van der Waals surface area contributed by atoms with Gasteiger partial charge in [-0.05, 0) is 29.9 Å². The van der Waals surface area contributed by atoms with E-state index >= 15 is 0 Å². The minimum absolute atomic E-state index is 0.00502. The number of nitro groups is 1. The van der Waals surface area contributed by atoms with Crippen LogP contribution in [0, 0.1) is 10.1 Å². The smallest absolute Gasteiger partial charge is 0.269 e. The lowest BCUT2D eigenvalue weighted by atomic mass is 10.1. The van der Waals surface area contributed by atoms with E-state index < -0.39 is 11.0 Å². The molecule has 0 bridgehead atoms. The summed E-state index contributed by atoms with van der Waals surface area (Å²) in [6.45, 7) is -0.186. The molecule has 3 N–H and O–H groups in total. The van der Waals surface area contributed by atoms with Crippen molar-refractivity contribution in [2.75, 3.05) is 11.9 Å². The fourth-order valence-corrected chi connectivity index (χ4v) is 2.17. The molecular weight excluding hydrogens is 302 g/mol. The summed E-state index contributed by atoms with van der Waals surface area (Å²) in [4.78, 5) is 10.2. The fraction of sp³-hybridized carbons (Fsp3) is 0.133. The molecule has 7 heteroatoms. The zero-order valence-electron chi connectivity index (χ0n) is 11.6. The second-order valence-electron chi connectivity index (χ2n) is 4.55. The number of benzene rings is 2. The predicted molar refractivity (Wildman–Crippen MR) is 88.7 cm³/mol. The number of non-ortho nitro benzene ring substituents is 1. The average Bonchev–Trinajstić information content (AvgIpc) is 2.53. The number of nitrogens with zero attached hydrogens (tertiary/aromatic N) is 1. The molecule has 0 aliphatic carbocycles. The maximum Gasteiger partial charge on any atom is 0.269 e. The van der Waals surface area contributed by atoms with Crippen LogP contribution in [0.25, 0.3) is 0 Å². The molecule has 0 saturated carbocycles. The van der Waals surface area contributed by atoms with Crippen LogP contribution in [0.3, 0.4) is 0 Å². The van der Waals surface area contributed by atoms with Crippen molar-refractivity contribution in [2.45, 2.75) is 6.04 Å². The Balaban J connectivity index is 2.02. The summed E-state index contributed by atoms with van der Waals surface area (Å²) < 4.78 is 0. The Labute approximate surface area is 132 Å². The topological polar surface area (TPSA) is 87.4 Å². The Morgan fingerprint density at radius 3 is 2.36 bits per heavy atom. The number of thiocarbonyl (C=S) groups is 1. The van der Waals surface area contributed by atoms with Gasteiger partial charge in [0.15, 0.2) is 5.11 Å². The van der Waals surface area contributed by atoms with Gasteiger partial charge in [0.25, 0.3) is 5.69 Å². The largest absolute Gasteiger partial charge is 0.394 e. The predicted octanol–water partition coefficient (Wildman–Crippen LogP) is 2.61. The maximum absolute atomic E-state index is 10.6. The molecule has 0 fully saturated rings. The standard InChI is InChI=1S/C15H15N3O3S/c19-10-14(11-6-8-13(9-7-11)18(20)21)17-15(22)16-12-4-2-1-3-5-12/h1-9,14,19H,10H2,(H2,16,17,22). The molecule has 114 valence electrons. The van der Waals surface area contributed by atoms with Crippen LogP contribution in [0.5, 0.6) is 0 Å². The van der Waals surface area contributed by atoms with Gasteiger partial charge in [-0.1, -0.05) is 30.3 Å². The second-order valence-corrected chi connectivity index (χ2v) is 4.96. The highest BCUT2D eigenvalue weighted by molar-refractivity contribution is 7.80. The van der Waals surface area contributed by atoms with Gasteiger partial charge in [-0.2, -0.15) is 0 Å². The Bertz CT molecular complexity index is 647. The van der Waals surface area contributed by atoms with Crippen molar-refractivity contribution in [2.24, 2.45) is 0 Å². The van der Waals surface area contributed by atoms with E-state index in [1.165, 1.54) is 12.1 Å². The highest BCUT2D eigenvalue weighted by Crippen LogP contribution is 2.18. The lowest BCUT2D eigenvalue weighted by molar-refractivity contribution is -0.384. The third-order valence-corrected chi connectivity index (χ3v) is 3.25. The Hall–Kier alpha value is -2.51. The van der Waals surface area contributed by atoms with E-state index in [-0.39, 0.29) is 12.3 Å². The molecule has 6 nitrogen and oxygen atoms in total. The molecule has 0 spiro atoms. The van der Waals surface area contributed by atoms with Crippen molar-refractivity contribution in [3.05, 3.63) is 70.3 Å². The molecule has 0 heterocycles. The summed E-state index contributed by atoms with van der Waals surface area (Å²) in [7, 11) is 0. The highest BCUT2D eigenvalue weighted by atomic mass is 32.1. The molecule has 1 atom stereocenters. The van der Waals surface area contributed by atoms with E-state index in [1.807, 2.05) is 30.3 Å². The van der Waals surface area contributed by atoms with Crippen LogP contribution in [0.15, 0.2) is 54.6 Å². The summed E-state index contributed by atoms with van der Waals surface area (Å²) >= 11 is 5.20. The zero-order chi connectivity index (χ0) is 15.9. The molecule has 2 aromatic carbocycles. The number of para-hydroxylation sites is 1. The van der Waals surface area contributed by atoms with Gasteiger partial charge in [0.2, 0.25) is 0 Å². The molecule has 22 heavy (non-hydrogen) atoms. The van der Waals surface area contributed by atoms with Gasteiger partial charge in [-0.15, -0.1) is 0 Å². The van der Waals surface area contributed by atoms with Gasteiger partial charge in [0, 0.05) is 17.8 Å². The lowest BCUT2D eigenvalue weighted by Crippen LogP contribution is -2.34. The van der Waals surface area contributed by atoms with Crippen molar-refractivity contribution in [3.8, 4) is 0 Å². The van der Waals surface area contributed by atoms with Gasteiger partial charge < -0.3 is 15.7 Å². The SMILES string of the molecule is O=[N+]([O-])c1ccc(C(CO)NC(=S)Nc2ccccc2)cc1. The van der Waals surface area contributed by atoms with Crippen LogP contribution in [0.1, 0.15) is 11.6 Å². The molecule has 0 aliphatic rings. The van der Waals surface area contributed by atoms with Gasteiger partial charge in [0.1, 0.15) is 0 Å². The first-order valence-electron chi connectivity index (χ1n) is 6.58. The number of anilines is 1. The van der Waals surface area contributed by atoms with Crippen molar-refractivity contribution < 1.29 is 10.0 Å². The molecule has 2 aromatic rings. The number of nitro benzene ring substituents is 1. The monoisotopic (exact) mass is 317 g/mol. The Morgan fingerprint density at radius 2 is 1.82 bits per heavy atom. The van der Waals surface area contributed by atoms with Crippen LogP contribution in [0.4, 0.5) is 11.4 Å². The highest BCUT2D eigenvalue weighted by Gasteiger charge is 2.13. The number of aliphatic hydroxyl groups is 1. The van der Waals surface area contributed by atoms with Crippen molar-refractivity contribution in [1.29, 1.82) is 0 Å². The first kappa shape index (κ1) is 15.9. The lowest BCUT2D eigenvalue weighted by Gasteiger charge is -2.19. The van der Waals surface area contributed by atoms with Gasteiger partial charge >= 0.3 is 0 Å². The molecule has 0 aliphatic heterocycles. The second kappa shape index (κ2) is 7.48. The summed E-state index contributed by atoms with van der Waals surface area (Å²) in [6.07, 6.45) is 0. The van der Waals surface area contributed by atoms with Crippen LogP contribution in [-0.4, -0.2) is 21.7 Å². The molecule has 0 radical (unpaired) electrons. The summed E-state index contributed by atoms with van der Waals surface area (Å²) in [5.41, 5.74) is 1.55.